The highest BCUT2D eigenvalue weighted by molar-refractivity contribution is 7.89. The highest BCUT2D eigenvalue weighted by Crippen LogP contribution is 2.29. The van der Waals surface area contributed by atoms with Gasteiger partial charge in [0, 0.05) is 38.4 Å². The summed E-state index contributed by atoms with van der Waals surface area (Å²) < 4.78 is 35.0. The molecule has 2 aromatic rings. The van der Waals surface area contributed by atoms with E-state index in [0.717, 1.165) is 0 Å². The first-order valence-electron chi connectivity index (χ1n) is 6.69. The molecule has 1 saturated heterocycles. The van der Waals surface area contributed by atoms with Gasteiger partial charge in [-0.3, -0.25) is 4.98 Å². The number of rotatable bonds is 4. The van der Waals surface area contributed by atoms with E-state index in [1.807, 2.05) is 11.6 Å². The molecule has 22 heavy (non-hydrogen) atoms. The van der Waals surface area contributed by atoms with Crippen molar-refractivity contribution in [3.63, 3.8) is 0 Å². The van der Waals surface area contributed by atoms with E-state index < -0.39 is 16.1 Å². The van der Waals surface area contributed by atoms with Gasteiger partial charge in [-0.25, -0.2) is 18.1 Å². The zero-order valence-corrected chi connectivity index (χ0v) is 13.4. The Morgan fingerprint density at radius 2 is 2.27 bits per heavy atom. The van der Waals surface area contributed by atoms with Crippen molar-refractivity contribution in [2.45, 2.75) is 23.5 Å². The third-order valence-corrected chi connectivity index (χ3v) is 5.16. The van der Waals surface area contributed by atoms with Gasteiger partial charge < -0.3 is 9.30 Å². The molecule has 3 rings (SSSR count). The van der Waals surface area contributed by atoms with E-state index in [1.165, 1.54) is 18.5 Å². The molecule has 0 bridgehead atoms. The number of nitrogens with zero attached hydrogens (tertiary/aromatic N) is 3. The summed E-state index contributed by atoms with van der Waals surface area (Å²) in [7, 11) is -1.87. The molecule has 1 aliphatic heterocycles. The maximum Gasteiger partial charge on any atom is 0.242 e. The summed E-state index contributed by atoms with van der Waals surface area (Å²) in [6.07, 6.45) is 6.26. The SMILES string of the molecule is Cn1ccnc1[C@H]1OCC[C@@H]1NS(=O)(=O)c1cncc(Cl)c1. The monoisotopic (exact) mass is 342 g/mol. The van der Waals surface area contributed by atoms with Gasteiger partial charge in [-0.05, 0) is 12.5 Å². The van der Waals surface area contributed by atoms with Gasteiger partial charge in [-0.15, -0.1) is 0 Å². The normalized spacial score (nSPS) is 22.1. The molecule has 0 aromatic carbocycles. The van der Waals surface area contributed by atoms with Crippen LogP contribution in [0.1, 0.15) is 18.3 Å². The van der Waals surface area contributed by atoms with E-state index in [2.05, 4.69) is 14.7 Å². The van der Waals surface area contributed by atoms with E-state index in [0.29, 0.717) is 18.9 Å². The highest BCUT2D eigenvalue weighted by Gasteiger charge is 2.35. The second kappa shape index (κ2) is 5.96. The quantitative estimate of drug-likeness (QED) is 0.904. The molecule has 2 atom stereocenters. The Hall–Kier alpha value is -1.48. The van der Waals surface area contributed by atoms with Crippen LogP contribution in [0.3, 0.4) is 0 Å². The molecule has 0 aliphatic carbocycles. The van der Waals surface area contributed by atoms with Gasteiger partial charge >= 0.3 is 0 Å². The summed E-state index contributed by atoms with van der Waals surface area (Å²) >= 11 is 5.81. The van der Waals surface area contributed by atoms with E-state index in [9.17, 15) is 8.42 Å². The first kappa shape index (κ1) is 15.4. The lowest BCUT2D eigenvalue weighted by Gasteiger charge is -2.19. The summed E-state index contributed by atoms with van der Waals surface area (Å²) in [6.45, 7) is 0.471. The number of halogens is 1. The van der Waals surface area contributed by atoms with Gasteiger partial charge in [-0.1, -0.05) is 11.6 Å². The van der Waals surface area contributed by atoms with Crippen LogP contribution in [-0.4, -0.2) is 35.6 Å². The molecule has 118 valence electrons. The zero-order chi connectivity index (χ0) is 15.7. The standard InChI is InChI=1S/C13H15ClN4O3S/c1-18-4-3-16-13(18)12-11(2-5-21-12)17-22(19,20)10-6-9(14)7-15-8-10/h3-4,6-8,11-12,17H,2,5H2,1H3/t11-,12-/m0/s1. The highest BCUT2D eigenvalue weighted by atomic mass is 35.5. The lowest BCUT2D eigenvalue weighted by molar-refractivity contribution is 0.0933. The fourth-order valence-electron chi connectivity index (χ4n) is 2.42. The molecule has 0 radical (unpaired) electrons. The Morgan fingerprint density at radius 3 is 2.95 bits per heavy atom. The zero-order valence-electron chi connectivity index (χ0n) is 11.8. The number of hydrogen-bond donors (Lipinski definition) is 1. The molecule has 9 heteroatoms. The van der Waals surface area contributed by atoms with E-state index in [-0.39, 0.29) is 16.0 Å². The van der Waals surface area contributed by atoms with Crippen molar-refractivity contribution < 1.29 is 13.2 Å². The van der Waals surface area contributed by atoms with Crippen LogP contribution in [0.4, 0.5) is 0 Å². The van der Waals surface area contributed by atoms with Crippen LogP contribution in [0.25, 0.3) is 0 Å². The minimum atomic E-state index is -3.72. The van der Waals surface area contributed by atoms with E-state index in [4.69, 9.17) is 16.3 Å². The van der Waals surface area contributed by atoms with Gasteiger partial charge in [0.1, 0.15) is 16.8 Å². The largest absolute Gasteiger partial charge is 0.369 e. The summed E-state index contributed by atoms with van der Waals surface area (Å²) in [5.41, 5.74) is 0. The number of aromatic nitrogens is 3. The first-order chi connectivity index (χ1) is 10.5. The molecule has 1 N–H and O–H groups in total. The average Bonchev–Trinajstić information content (AvgIpc) is 3.07. The van der Waals surface area contributed by atoms with Gasteiger partial charge in [-0.2, -0.15) is 0 Å². The Kier molecular flexibility index (Phi) is 4.18. The van der Waals surface area contributed by atoms with Crippen molar-refractivity contribution in [2.75, 3.05) is 6.61 Å². The third-order valence-electron chi connectivity index (χ3n) is 3.50. The molecular formula is C13H15ClN4O3S. The summed E-state index contributed by atoms with van der Waals surface area (Å²) in [5, 5.41) is 0.270. The van der Waals surface area contributed by atoms with Crippen molar-refractivity contribution in [2.24, 2.45) is 7.05 Å². The van der Waals surface area contributed by atoms with Gasteiger partial charge in [0.05, 0.1) is 11.1 Å². The number of pyridine rings is 1. The Labute approximate surface area is 133 Å². The Bertz CT molecular complexity index is 777. The van der Waals surface area contributed by atoms with Gasteiger partial charge in [0.2, 0.25) is 10.0 Å². The van der Waals surface area contributed by atoms with Crippen LogP contribution in [-0.2, 0) is 21.8 Å². The number of aryl methyl sites for hydroxylation is 1. The second-order valence-electron chi connectivity index (χ2n) is 5.04. The topological polar surface area (TPSA) is 86.1 Å². The van der Waals surface area contributed by atoms with Gasteiger partial charge in [0.25, 0.3) is 0 Å². The van der Waals surface area contributed by atoms with Crippen molar-refractivity contribution >= 4 is 21.6 Å². The Balaban J connectivity index is 1.84. The predicted molar refractivity (Wildman–Crippen MR) is 79.9 cm³/mol. The predicted octanol–water partition coefficient (Wildman–Crippen LogP) is 1.28. The number of hydrogen-bond acceptors (Lipinski definition) is 5. The molecular weight excluding hydrogens is 328 g/mol. The minimum absolute atomic E-state index is 0.0329. The average molecular weight is 343 g/mol. The van der Waals surface area contributed by atoms with Crippen molar-refractivity contribution in [1.29, 1.82) is 0 Å². The maximum absolute atomic E-state index is 12.4. The summed E-state index contributed by atoms with van der Waals surface area (Å²) in [6, 6.07) is 0.979. The van der Waals surface area contributed by atoms with Crippen LogP contribution in [0, 0.1) is 0 Å². The van der Waals surface area contributed by atoms with Crippen LogP contribution in [0.15, 0.2) is 35.7 Å². The second-order valence-corrected chi connectivity index (χ2v) is 7.19. The summed E-state index contributed by atoms with van der Waals surface area (Å²) in [5.74, 6) is 0.689. The molecule has 7 nitrogen and oxygen atoms in total. The summed E-state index contributed by atoms with van der Waals surface area (Å²) in [4.78, 5) is 8.08. The van der Waals surface area contributed by atoms with E-state index in [1.54, 1.807) is 12.4 Å². The van der Waals surface area contributed by atoms with Crippen LogP contribution >= 0.6 is 11.6 Å². The lowest BCUT2D eigenvalue weighted by atomic mass is 10.1. The van der Waals surface area contributed by atoms with Crippen molar-refractivity contribution in [3.05, 3.63) is 41.7 Å². The van der Waals surface area contributed by atoms with Gasteiger partial charge in [0.15, 0.2) is 0 Å². The van der Waals surface area contributed by atoms with Crippen molar-refractivity contribution in [3.8, 4) is 0 Å². The van der Waals surface area contributed by atoms with Crippen molar-refractivity contribution in [1.82, 2.24) is 19.3 Å². The molecule has 1 aliphatic rings. The fraction of sp³-hybridized carbons (Fsp3) is 0.385. The number of sulfonamides is 1. The molecule has 0 unspecified atom stereocenters. The van der Waals surface area contributed by atoms with Crippen LogP contribution < -0.4 is 4.72 Å². The first-order valence-corrected chi connectivity index (χ1v) is 8.55. The fourth-order valence-corrected chi connectivity index (χ4v) is 3.92. The van der Waals surface area contributed by atoms with E-state index >= 15 is 0 Å². The number of nitrogens with one attached hydrogen (secondary N) is 1. The Morgan fingerprint density at radius 1 is 1.45 bits per heavy atom. The number of ether oxygens (including phenoxy) is 1. The molecule has 2 aromatic heterocycles. The van der Waals surface area contributed by atoms with Crippen LogP contribution in [0.5, 0.6) is 0 Å². The van der Waals surface area contributed by atoms with Crippen LogP contribution in [0.2, 0.25) is 5.02 Å². The molecule has 3 heterocycles. The maximum atomic E-state index is 12.4. The smallest absolute Gasteiger partial charge is 0.242 e. The lowest BCUT2D eigenvalue weighted by Crippen LogP contribution is -2.37. The molecule has 0 saturated carbocycles. The molecule has 1 fully saturated rings. The number of imidazole rings is 1. The third kappa shape index (κ3) is 3.00. The minimum Gasteiger partial charge on any atom is -0.369 e. The molecule has 0 spiro atoms. The molecule has 0 amide bonds.